The number of anilines is 3. The monoisotopic (exact) mass is 651 g/mol. The van der Waals surface area contributed by atoms with E-state index in [1.807, 2.05) is 10.8 Å². The Hall–Kier alpha value is -1.69. The van der Waals surface area contributed by atoms with E-state index in [2.05, 4.69) is 32.7 Å². The van der Waals surface area contributed by atoms with Crippen LogP contribution in [-0.2, 0) is 12.7 Å². The molecular weight excluding hydrogens is 626 g/mol. The number of thiophene rings is 1. The Morgan fingerprint density at radius 1 is 0.974 bits per heavy atom. The molecule has 2 heterocycles. The maximum absolute atomic E-state index is 14.4. The SMILES string of the molecule is CCN1CCN(Cc2ccc(N(c3ccsc3)c3c(Cl)c(OC)c(Br)c(OC)c3Cl)cc2C(F)(F)F)CC1. The Morgan fingerprint density at radius 3 is 2.08 bits per heavy atom. The fourth-order valence-corrected chi connectivity index (χ4v) is 6.88. The van der Waals surface area contributed by atoms with Crippen LogP contribution in [0.25, 0.3) is 0 Å². The average Bonchev–Trinajstić information content (AvgIpc) is 3.42. The Labute approximate surface area is 242 Å². The maximum atomic E-state index is 14.4. The largest absolute Gasteiger partial charge is 0.494 e. The third-order valence-electron chi connectivity index (χ3n) is 6.57. The summed E-state index contributed by atoms with van der Waals surface area (Å²) in [6, 6.07) is 6.15. The molecule has 0 N–H and O–H groups in total. The van der Waals surface area contributed by atoms with E-state index in [-0.39, 0.29) is 45.0 Å². The lowest BCUT2D eigenvalue weighted by Gasteiger charge is -2.34. The summed E-state index contributed by atoms with van der Waals surface area (Å²) in [7, 11) is 2.88. The van der Waals surface area contributed by atoms with E-state index in [0.29, 0.717) is 10.2 Å². The van der Waals surface area contributed by atoms with Gasteiger partial charge in [0.2, 0.25) is 0 Å². The predicted octanol–water partition coefficient (Wildman–Crippen LogP) is 8.46. The van der Waals surface area contributed by atoms with Crippen LogP contribution < -0.4 is 14.4 Å². The molecule has 4 rings (SSSR count). The fraction of sp³-hybridized carbons (Fsp3) is 0.385. The molecule has 3 aromatic rings. The highest BCUT2D eigenvalue weighted by atomic mass is 79.9. The molecule has 38 heavy (non-hydrogen) atoms. The molecule has 0 spiro atoms. The van der Waals surface area contributed by atoms with Gasteiger partial charge in [0.15, 0.2) is 11.5 Å². The summed E-state index contributed by atoms with van der Waals surface area (Å²) in [5.41, 5.74) is 0.628. The summed E-state index contributed by atoms with van der Waals surface area (Å²) in [6.45, 7) is 6.36. The van der Waals surface area contributed by atoms with Crippen molar-refractivity contribution < 1.29 is 22.6 Å². The lowest BCUT2D eigenvalue weighted by atomic mass is 10.0. The summed E-state index contributed by atoms with van der Waals surface area (Å²) >= 11 is 18.3. The van der Waals surface area contributed by atoms with Crippen LogP contribution in [0, 0.1) is 0 Å². The number of ether oxygens (including phenoxy) is 2. The Kier molecular flexibility index (Phi) is 9.43. The van der Waals surface area contributed by atoms with E-state index in [1.54, 1.807) is 23.1 Å². The lowest BCUT2D eigenvalue weighted by molar-refractivity contribution is -0.138. The van der Waals surface area contributed by atoms with Gasteiger partial charge in [-0.1, -0.05) is 36.2 Å². The molecule has 0 atom stereocenters. The number of piperazine rings is 1. The second kappa shape index (κ2) is 12.2. The van der Waals surface area contributed by atoms with E-state index in [4.69, 9.17) is 32.7 Å². The van der Waals surface area contributed by atoms with E-state index >= 15 is 0 Å². The Bertz CT molecular complexity index is 1240. The number of methoxy groups -OCH3 is 2. The van der Waals surface area contributed by atoms with Crippen molar-refractivity contribution in [3.8, 4) is 11.5 Å². The highest BCUT2D eigenvalue weighted by Gasteiger charge is 2.36. The second-order valence-electron chi connectivity index (χ2n) is 8.72. The van der Waals surface area contributed by atoms with Crippen LogP contribution in [0.2, 0.25) is 10.0 Å². The molecule has 1 saturated heterocycles. The average molecular weight is 653 g/mol. The molecule has 12 heteroatoms. The minimum atomic E-state index is -4.56. The van der Waals surface area contributed by atoms with Crippen molar-refractivity contribution in [3.63, 3.8) is 0 Å². The first-order valence-electron chi connectivity index (χ1n) is 11.9. The van der Waals surface area contributed by atoms with Crippen molar-refractivity contribution in [1.82, 2.24) is 9.80 Å². The minimum absolute atomic E-state index is 0.128. The van der Waals surface area contributed by atoms with Gasteiger partial charge in [-0.25, -0.2) is 0 Å². The zero-order valence-electron chi connectivity index (χ0n) is 21.0. The topological polar surface area (TPSA) is 28.2 Å². The summed E-state index contributed by atoms with van der Waals surface area (Å²) in [5.74, 6) is 0.504. The molecular formula is C26H27BrCl2F3N3O2S. The van der Waals surface area contributed by atoms with Crippen LogP contribution in [0.5, 0.6) is 11.5 Å². The Morgan fingerprint density at radius 2 is 1.58 bits per heavy atom. The molecule has 0 unspecified atom stereocenters. The van der Waals surface area contributed by atoms with Crippen molar-refractivity contribution in [1.29, 1.82) is 0 Å². The summed E-state index contributed by atoms with van der Waals surface area (Å²) in [5, 5.41) is 3.89. The van der Waals surface area contributed by atoms with Crippen LogP contribution in [-0.4, -0.2) is 56.7 Å². The third kappa shape index (κ3) is 5.90. The number of likely N-dealkylation sites (N-methyl/N-ethyl adjacent to an activating group) is 1. The lowest BCUT2D eigenvalue weighted by Crippen LogP contribution is -2.45. The molecule has 1 fully saturated rings. The van der Waals surface area contributed by atoms with Gasteiger partial charge in [-0.3, -0.25) is 4.90 Å². The zero-order valence-corrected chi connectivity index (χ0v) is 25.0. The van der Waals surface area contributed by atoms with E-state index < -0.39 is 11.7 Å². The van der Waals surface area contributed by atoms with Gasteiger partial charge in [-0.15, -0.1) is 0 Å². The number of rotatable bonds is 8. The van der Waals surface area contributed by atoms with Crippen LogP contribution in [0.1, 0.15) is 18.1 Å². The van der Waals surface area contributed by atoms with Crippen LogP contribution in [0.15, 0.2) is 39.5 Å². The highest BCUT2D eigenvalue weighted by Crippen LogP contribution is 2.55. The summed E-state index contributed by atoms with van der Waals surface area (Å²) in [4.78, 5) is 5.94. The smallest absolute Gasteiger partial charge is 0.416 e. The van der Waals surface area contributed by atoms with Crippen LogP contribution in [0.4, 0.5) is 30.2 Å². The normalized spacial score (nSPS) is 15.1. The number of hydrogen-bond acceptors (Lipinski definition) is 6. The molecule has 0 bridgehead atoms. The summed E-state index contributed by atoms with van der Waals surface area (Å²) < 4.78 is 54.6. The van der Waals surface area contributed by atoms with Crippen molar-refractivity contribution in [2.75, 3.05) is 51.8 Å². The van der Waals surface area contributed by atoms with Crippen LogP contribution >= 0.6 is 50.5 Å². The maximum Gasteiger partial charge on any atom is 0.416 e. The molecule has 1 aliphatic heterocycles. The first-order chi connectivity index (χ1) is 18.1. The van der Waals surface area contributed by atoms with Gasteiger partial charge in [-0.05, 0) is 51.6 Å². The van der Waals surface area contributed by atoms with Gasteiger partial charge in [0.25, 0.3) is 0 Å². The van der Waals surface area contributed by atoms with E-state index in [9.17, 15) is 13.2 Å². The Balaban J connectivity index is 1.84. The molecule has 0 amide bonds. The van der Waals surface area contributed by atoms with Gasteiger partial charge in [0.1, 0.15) is 14.5 Å². The number of benzene rings is 2. The molecule has 206 valence electrons. The molecule has 0 saturated carbocycles. The first kappa shape index (κ1) is 29.3. The number of hydrogen-bond donors (Lipinski definition) is 0. The molecule has 0 aliphatic carbocycles. The zero-order chi connectivity index (χ0) is 27.6. The second-order valence-corrected chi connectivity index (χ2v) is 11.1. The molecule has 1 aromatic heterocycles. The number of nitrogens with zero attached hydrogens (tertiary/aromatic N) is 3. The van der Waals surface area contributed by atoms with Gasteiger partial charge >= 0.3 is 6.18 Å². The van der Waals surface area contributed by atoms with Crippen molar-refractivity contribution >= 4 is 67.5 Å². The molecule has 0 radical (unpaired) electrons. The minimum Gasteiger partial charge on any atom is -0.494 e. The van der Waals surface area contributed by atoms with E-state index in [1.165, 1.54) is 25.6 Å². The molecule has 1 aliphatic rings. The van der Waals surface area contributed by atoms with Crippen molar-refractivity contribution in [2.45, 2.75) is 19.6 Å². The van der Waals surface area contributed by atoms with Gasteiger partial charge in [0.05, 0.1) is 31.2 Å². The van der Waals surface area contributed by atoms with Gasteiger partial charge in [-0.2, -0.15) is 24.5 Å². The van der Waals surface area contributed by atoms with Crippen LogP contribution in [0.3, 0.4) is 0 Å². The third-order valence-corrected chi connectivity index (χ3v) is 8.66. The van der Waals surface area contributed by atoms with E-state index in [0.717, 1.165) is 38.8 Å². The van der Waals surface area contributed by atoms with Crippen molar-refractivity contribution in [2.24, 2.45) is 0 Å². The van der Waals surface area contributed by atoms with Gasteiger partial charge < -0.3 is 19.3 Å². The molecule has 2 aromatic carbocycles. The predicted molar refractivity (Wildman–Crippen MR) is 152 cm³/mol. The standard InChI is InChI=1S/C26H27BrCl2F3N3O2S/c1-4-33-8-10-34(11-9-33)14-16-5-6-17(13-19(16)26(30,31)32)35(18-7-12-38-15-18)23-21(28)24(36-2)20(27)25(37-3)22(23)29/h5-7,12-13,15H,4,8-11,14H2,1-3H3. The first-order valence-corrected chi connectivity index (χ1v) is 14.3. The fourth-order valence-electron chi connectivity index (χ4n) is 4.56. The van der Waals surface area contributed by atoms with Gasteiger partial charge in [0, 0.05) is 43.8 Å². The quantitative estimate of drug-likeness (QED) is 0.243. The highest BCUT2D eigenvalue weighted by molar-refractivity contribution is 9.10. The summed E-state index contributed by atoms with van der Waals surface area (Å²) in [6.07, 6.45) is -4.56. The number of halogens is 6. The van der Waals surface area contributed by atoms with Crippen molar-refractivity contribution in [3.05, 3.63) is 60.7 Å². The number of alkyl halides is 3. The molecule has 5 nitrogen and oxygen atoms in total.